The second-order valence-corrected chi connectivity index (χ2v) is 8.85. The summed E-state index contributed by atoms with van der Waals surface area (Å²) < 4.78 is 36.7. The fourth-order valence-electron chi connectivity index (χ4n) is 2.34. The van der Waals surface area contributed by atoms with Crippen LogP contribution < -0.4 is 4.74 Å². The predicted octanol–water partition coefficient (Wildman–Crippen LogP) is 3.57. The summed E-state index contributed by atoms with van der Waals surface area (Å²) in [5, 5.41) is 0. The summed E-state index contributed by atoms with van der Waals surface area (Å²) in [4.78, 5) is 14.0. The van der Waals surface area contributed by atoms with Gasteiger partial charge in [-0.2, -0.15) is 8.42 Å². The van der Waals surface area contributed by atoms with E-state index in [-0.39, 0.29) is 16.8 Å². The maximum Gasteiger partial charge on any atom is 0.266 e. The van der Waals surface area contributed by atoms with Gasteiger partial charge in [0.1, 0.15) is 15.8 Å². The van der Waals surface area contributed by atoms with Crippen LogP contribution in [0.1, 0.15) is 5.56 Å². The van der Waals surface area contributed by atoms with Gasteiger partial charge < -0.3 is 4.74 Å². The highest BCUT2D eigenvalue weighted by Crippen LogP contribution is 2.33. The molecule has 0 spiro atoms. The van der Waals surface area contributed by atoms with Gasteiger partial charge in [0.25, 0.3) is 16.0 Å². The van der Waals surface area contributed by atoms with Crippen LogP contribution in [0.15, 0.2) is 59.5 Å². The van der Waals surface area contributed by atoms with Gasteiger partial charge >= 0.3 is 0 Å². The molecule has 6 nitrogen and oxygen atoms in total. The number of carbonyl (C=O) groups is 1. The Bertz CT molecular complexity index is 1000. The molecule has 1 N–H and O–H groups in total. The molecule has 2 aromatic rings. The van der Waals surface area contributed by atoms with Gasteiger partial charge in [0.2, 0.25) is 0 Å². The van der Waals surface area contributed by atoms with Gasteiger partial charge in [-0.3, -0.25) is 14.2 Å². The number of hydrogen-bond donors (Lipinski definition) is 1. The van der Waals surface area contributed by atoms with Crippen LogP contribution in [0.3, 0.4) is 0 Å². The quantitative estimate of drug-likeness (QED) is 0.434. The van der Waals surface area contributed by atoms with Crippen LogP contribution in [0.25, 0.3) is 6.08 Å². The lowest BCUT2D eigenvalue weighted by atomic mass is 10.2. The highest BCUT2D eigenvalue weighted by Gasteiger charge is 2.32. The maximum absolute atomic E-state index is 12.5. The van der Waals surface area contributed by atoms with Gasteiger partial charge in [-0.15, -0.1) is 0 Å². The lowest BCUT2D eigenvalue weighted by molar-refractivity contribution is -0.121. The van der Waals surface area contributed by atoms with Crippen molar-refractivity contribution in [3.05, 3.63) is 65.1 Å². The van der Waals surface area contributed by atoms with Crippen molar-refractivity contribution in [3.63, 3.8) is 0 Å². The van der Waals surface area contributed by atoms with Crippen molar-refractivity contribution in [1.29, 1.82) is 0 Å². The fourth-order valence-corrected chi connectivity index (χ4v) is 4.07. The molecule has 1 aliphatic heterocycles. The number of rotatable bonds is 6. The number of para-hydroxylation sites is 1. The van der Waals surface area contributed by atoms with Crippen molar-refractivity contribution in [2.75, 3.05) is 12.3 Å². The first kappa shape index (κ1) is 19.6. The lowest BCUT2D eigenvalue weighted by Gasteiger charge is -2.12. The minimum atomic E-state index is -4.17. The molecule has 1 saturated heterocycles. The Kier molecular flexibility index (Phi) is 5.95. The number of benzene rings is 2. The largest absolute Gasteiger partial charge is 0.457 e. The molecule has 0 bridgehead atoms. The van der Waals surface area contributed by atoms with E-state index in [4.69, 9.17) is 21.5 Å². The normalized spacial score (nSPS) is 16.2. The van der Waals surface area contributed by atoms with E-state index in [2.05, 4.69) is 0 Å². The first-order chi connectivity index (χ1) is 12.8. The average Bonchev–Trinajstić information content (AvgIpc) is 2.87. The van der Waals surface area contributed by atoms with Crippen molar-refractivity contribution >= 4 is 50.4 Å². The molecule has 9 heteroatoms. The van der Waals surface area contributed by atoms with E-state index in [1.54, 1.807) is 12.1 Å². The third kappa shape index (κ3) is 5.39. The van der Waals surface area contributed by atoms with E-state index in [0.717, 1.165) is 17.3 Å². The van der Waals surface area contributed by atoms with E-state index in [1.807, 2.05) is 48.5 Å². The van der Waals surface area contributed by atoms with Gasteiger partial charge in [-0.05, 0) is 35.9 Å². The molecule has 3 rings (SSSR count). The second-order valence-electron chi connectivity index (χ2n) is 5.61. The highest BCUT2D eigenvalue weighted by molar-refractivity contribution is 8.26. The van der Waals surface area contributed by atoms with Crippen LogP contribution in [0, 0.1) is 0 Å². The van der Waals surface area contributed by atoms with Gasteiger partial charge in [0.15, 0.2) is 0 Å². The number of thiocarbonyl (C=S) groups is 1. The summed E-state index contributed by atoms with van der Waals surface area (Å²) in [6, 6.07) is 16.5. The Morgan fingerprint density at radius 3 is 2.52 bits per heavy atom. The topological polar surface area (TPSA) is 83.9 Å². The van der Waals surface area contributed by atoms with Crippen LogP contribution in [0.2, 0.25) is 0 Å². The van der Waals surface area contributed by atoms with E-state index in [1.165, 1.54) is 4.90 Å². The molecular weight excluding hydrogens is 406 g/mol. The van der Waals surface area contributed by atoms with Crippen molar-refractivity contribution in [2.45, 2.75) is 0 Å². The van der Waals surface area contributed by atoms with Crippen molar-refractivity contribution in [3.8, 4) is 11.5 Å². The molecule has 0 aromatic heterocycles. The van der Waals surface area contributed by atoms with E-state index < -0.39 is 15.9 Å². The summed E-state index contributed by atoms with van der Waals surface area (Å²) in [6.45, 7) is -0.183. The van der Waals surface area contributed by atoms with Crippen LogP contribution >= 0.6 is 24.0 Å². The lowest BCUT2D eigenvalue weighted by Crippen LogP contribution is -2.32. The number of amides is 1. The maximum atomic E-state index is 12.5. The third-order valence-corrected chi connectivity index (χ3v) is 5.66. The fraction of sp³-hybridized carbons (Fsp3) is 0.111. The van der Waals surface area contributed by atoms with Crippen LogP contribution in [0.5, 0.6) is 11.5 Å². The first-order valence-electron chi connectivity index (χ1n) is 7.85. The summed E-state index contributed by atoms with van der Waals surface area (Å²) in [6.07, 6.45) is 1.67. The number of nitrogens with zero attached hydrogens (tertiary/aromatic N) is 1. The Morgan fingerprint density at radius 2 is 1.81 bits per heavy atom. The smallest absolute Gasteiger partial charge is 0.266 e. The minimum Gasteiger partial charge on any atom is -0.457 e. The van der Waals surface area contributed by atoms with E-state index in [9.17, 15) is 13.2 Å². The van der Waals surface area contributed by atoms with E-state index in [0.29, 0.717) is 16.4 Å². The number of carbonyl (C=O) groups excluding carboxylic acids is 1. The molecule has 0 unspecified atom stereocenters. The molecule has 140 valence electrons. The monoisotopic (exact) mass is 421 g/mol. The first-order valence-corrected chi connectivity index (χ1v) is 10.7. The molecule has 0 atom stereocenters. The Balaban J connectivity index is 1.75. The molecule has 1 heterocycles. The van der Waals surface area contributed by atoms with E-state index >= 15 is 0 Å². The standard InChI is InChI=1S/C18H15NO5S3/c20-17-16(26-18(25)19(17)9-10-27(21,22)23)12-13-5-4-8-15(11-13)24-14-6-2-1-3-7-14/h1-8,11-12H,9-10H2,(H,21,22,23). The summed E-state index contributed by atoms with van der Waals surface area (Å²) in [5.74, 6) is 0.374. The molecule has 1 fully saturated rings. The van der Waals surface area contributed by atoms with Crippen molar-refractivity contribution in [2.24, 2.45) is 0 Å². The third-order valence-electron chi connectivity index (χ3n) is 3.58. The van der Waals surface area contributed by atoms with Crippen LogP contribution in [-0.2, 0) is 14.9 Å². The highest BCUT2D eigenvalue weighted by atomic mass is 32.2. The SMILES string of the molecule is O=C1C(=Cc2cccc(Oc3ccccc3)c2)SC(=S)N1CCS(=O)(=O)O. The second kappa shape index (κ2) is 8.22. The van der Waals surface area contributed by atoms with Crippen molar-refractivity contribution in [1.82, 2.24) is 4.90 Å². The van der Waals surface area contributed by atoms with Gasteiger partial charge in [-0.25, -0.2) is 0 Å². The number of hydrogen-bond acceptors (Lipinski definition) is 6. The molecule has 1 aliphatic rings. The summed E-state index contributed by atoms with van der Waals surface area (Å²) >= 11 is 6.23. The molecule has 1 amide bonds. The summed E-state index contributed by atoms with van der Waals surface area (Å²) in [5.41, 5.74) is 0.749. The minimum absolute atomic E-state index is 0.183. The zero-order valence-electron chi connectivity index (χ0n) is 13.9. The van der Waals surface area contributed by atoms with Gasteiger partial charge in [0.05, 0.1) is 10.7 Å². The molecule has 0 radical (unpaired) electrons. The molecule has 27 heavy (non-hydrogen) atoms. The van der Waals surface area contributed by atoms with Crippen LogP contribution in [-0.4, -0.2) is 40.4 Å². The Labute approximate surface area is 166 Å². The Hall–Kier alpha value is -2.20. The number of thioether (sulfide) groups is 1. The van der Waals surface area contributed by atoms with Gasteiger partial charge in [0, 0.05) is 6.54 Å². The van der Waals surface area contributed by atoms with Gasteiger partial charge in [-0.1, -0.05) is 54.3 Å². The average molecular weight is 422 g/mol. The van der Waals surface area contributed by atoms with Crippen molar-refractivity contribution < 1.29 is 22.5 Å². The molecule has 0 saturated carbocycles. The zero-order valence-corrected chi connectivity index (χ0v) is 16.4. The zero-order chi connectivity index (χ0) is 19.4. The van der Waals surface area contributed by atoms with Crippen LogP contribution in [0.4, 0.5) is 0 Å². The molecular formula is C18H15NO5S3. The Morgan fingerprint density at radius 1 is 1.11 bits per heavy atom. The molecule has 0 aliphatic carbocycles. The predicted molar refractivity (Wildman–Crippen MR) is 109 cm³/mol. The summed E-state index contributed by atoms with van der Waals surface area (Å²) in [7, 11) is -4.17. The number of ether oxygens (including phenoxy) is 1. The molecule has 2 aromatic carbocycles.